The number of nitrogens with zero attached hydrogens (tertiary/aromatic N) is 1. The second-order valence-electron chi connectivity index (χ2n) is 3.28. The topological polar surface area (TPSA) is 61.3 Å². The minimum absolute atomic E-state index is 0.325. The number of benzene rings is 1. The molecule has 0 aliphatic heterocycles. The number of rotatable bonds is 2. The number of aromatic nitrogens is 1. The van der Waals surface area contributed by atoms with Gasteiger partial charge in [-0.15, -0.1) is 0 Å². The van der Waals surface area contributed by atoms with Crippen molar-refractivity contribution in [3.05, 3.63) is 30.0 Å². The van der Waals surface area contributed by atoms with Gasteiger partial charge in [0.1, 0.15) is 5.75 Å². The lowest BCUT2D eigenvalue weighted by molar-refractivity contribution is 0.415. The Bertz CT molecular complexity index is 477. The van der Waals surface area contributed by atoms with Crippen molar-refractivity contribution >= 4 is 5.88 Å². The summed E-state index contributed by atoms with van der Waals surface area (Å²) >= 11 is 0. The molecule has 4 nitrogen and oxygen atoms in total. The van der Waals surface area contributed by atoms with Crippen LogP contribution in [0.15, 0.2) is 28.9 Å². The molecule has 1 aromatic carbocycles. The van der Waals surface area contributed by atoms with Crippen LogP contribution in [0.4, 0.5) is 5.88 Å². The highest BCUT2D eigenvalue weighted by Crippen LogP contribution is 2.31. The first kappa shape index (κ1) is 9.58. The number of nitrogens with two attached hydrogens (primary N) is 1. The van der Waals surface area contributed by atoms with Gasteiger partial charge in [0.25, 0.3) is 0 Å². The molecule has 4 heteroatoms. The van der Waals surface area contributed by atoms with Crippen LogP contribution >= 0.6 is 0 Å². The fourth-order valence-corrected chi connectivity index (χ4v) is 1.47. The minimum atomic E-state index is 0.325. The van der Waals surface area contributed by atoms with Gasteiger partial charge in [0.05, 0.1) is 18.9 Å². The van der Waals surface area contributed by atoms with Gasteiger partial charge in [0.2, 0.25) is 5.88 Å². The highest BCUT2D eigenvalue weighted by atomic mass is 16.5. The first-order valence-electron chi connectivity index (χ1n) is 4.57. The minimum Gasteiger partial charge on any atom is -0.497 e. The second kappa shape index (κ2) is 3.65. The summed E-state index contributed by atoms with van der Waals surface area (Å²) < 4.78 is 9.99. The Labute approximate surface area is 87.6 Å². The molecule has 0 amide bonds. The molecular weight excluding hydrogens is 192 g/mol. The molecule has 2 aromatic rings. The number of methoxy groups -OCH3 is 1. The summed E-state index contributed by atoms with van der Waals surface area (Å²) in [6.07, 6.45) is 1.61. The SMILES string of the molecule is COc1ccc(C)c(-c2cnoc2N)c1. The van der Waals surface area contributed by atoms with Crippen molar-refractivity contribution in [1.82, 2.24) is 5.16 Å². The molecule has 1 aromatic heterocycles. The summed E-state index contributed by atoms with van der Waals surface area (Å²) in [5.74, 6) is 1.11. The summed E-state index contributed by atoms with van der Waals surface area (Å²) in [6, 6.07) is 5.79. The Morgan fingerprint density at radius 1 is 1.33 bits per heavy atom. The zero-order chi connectivity index (χ0) is 10.8. The fourth-order valence-electron chi connectivity index (χ4n) is 1.47. The summed E-state index contributed by atoms with van der Waals surface area (Å²) in [6.45, 7) is 2.00. The van der Waals surface area contributed by atoms with Gasteiger partial charge in [0, 0.05) is 0 Å². The monoisotopic (exact) mass is 204 g/mol. The Balaban J connectivity index is 2.56. The lowest BCUT2D eigenvalue weighted by Gasteiger charge is -2.06. The van der Waals surface area contributed by atoms with Gasteiger partial charge in [-0.2, -0.15) is 0 Å². The van der Waals surface area contributed by atoms with E-state index in [9.17, 15) is 0 Å². The van der Waals surface area contributed by atoms with E-state index in [1.54, 1.807) is 13.3 Å². The van der Waals surface area contributed by atoms with Crippen LogP contribution in [0.1, 0.15) is 5.56 Å². The van der Waals surface area contributed by atoms with Crippen LogP contribution in [0.2, 0.25) is 0 Å². The van der Waals surface area contributed by atoms with Crippen LogP contribution in [0, 0.1) is 6.92 Å². The average Bonchev–Trinajstić information content (AvgIpc) is 2.65. The van der Waals surface area contributed by atoms with Crippen molar-refractivity contribution in [3.63, 3.8) is 0 Å². The van der Waals surface area contributed by atoms with Gasteiger partial charge in [-0.1, -0.05) is 11.2 Å². The molecule has 0 saturated carbocycles. The molecule has 0 radical (unpaired) electrons. The maximum absolute atomic E-state index is 5.66. The van der Waals surface area contributed by atoms with Gasteiger partial charge in [-0.3, -0.25) is 0 Å². The van der Waals surface area contributed by atoms with Crippen LogP contribution in [0.3, 0.4) is 0 Å². The lowest BCUT2D eigenvalue weighted by Crippen LogP contribution is -1.89. The van der Waals surface area contributed by atoms with E-state index in [4.69, 9.17) is 15.0 Å². The van der Waals surface area contributed by atoms with E-state index in [1.807, 2.05) is 25.1 Å². The molecule has 0 atom stereocenters. The second-order valence-corrected chi connectivity index (χ2v) is 3.28. The molecule has 78 valence electrons. The fraction of sp³-hybridized carbons (Fsp3) is 0.182. The first-order chi connectivity index (χ1) is 7.22. The Morgan fingerprint density at radius 3 is 2.73 bits per heavy atom. The smallest absolute Gasteiger partial charge is 0.229 e. The molecule has 2 rings (SSSR count). The molecule has 0 aliphatic carbocycles. The summed E-state index contributed by atoms with van der Waals surface area (Å²) in [5.41, 5.74) is 8.54. The van der Waals surface area contributed by atoms with Crippen molar-refractivity contribution in [2.24, 2.45) is 0 Å². The van der Waals surface area contributed by atoms with Gasteiger partial charge in [-0.25, -0.2) is 0 Å². The molecule has 1 heterocycles. The van der Waals surface area contributed by atoms with E-state index in [-0.39, 0.29) is 0 Å². The molecule has 15 heavy (non-hydrogen) atoms. The quantitative estimate of drug-likeness (QED) is 0.814. The van der Waals surface area contributed by atoms with Gasteiger partial charge >= 0.3 is 0 Å². The molecule has 0 aliphatic rings. The molecule has 0 saturated heterocycles. The third-order valence-corrected chi connectivity index (χ3v) is 2.33. The van der Waals surface area contributed by atoms with Crippen LogP contribution in [-0.4, -0.2) is 12.3 Å². The normalized spacial score (nSPS) is 10.3. The largest absolute Gasteiger partial charge is 0.497 e. The van der Waals surface area contributed by atoms with Gasteiger partial charge < -0.3 is 15.0 Å². The van der Waals surface area contributed by atoms with E-state index in [0.717, 1.165) is 22.4 Å². The van der Waals surface area contributed by atoms with Gasteiger partial charge in [-0.05, 0) is 30.2 Å². The Kier molecular flexibility index (Phi) is 2.33. The molecule has 2 N–H and O–H groups in total. The van der Waals surface area contributed by atoms with Crippen molar-refractivity contribution in [1.29, 1.82) is 0 Å². The Morgan fingerprint density at radius 2 is 2.13 bits per heavy atom. The maximum atomic E-state index is 5.66. The summed E-state index contributed by atoms with van der Waals surface area (Å²) in [7, 11) is 1.63. The average molecular weight is 204 g/mol. The van der Waals surface area contributed by atoms with Crippen LogP contribution in [-0.2, 0) is 0 Å². The predicted molar refractivity (Wildman–Crippen MR) is 57.6 cm³/mol. The number of hydrogen-bond acceptors (Lipinski definition) is 4. The van der Waals surface area contributed by atoms with Crippen molar-refractivity contribution in [2.75, 3.05) is 12.8 Å². The summed E-state index contributed by atoms with van der Waals surface area (Å²) in [5, 5.41) is 3.65. The molecule has 0 spiro atoms. The van der Waals surface area contributed by atoms with Gasteiger partial charge in [0.15, 0.2) is 0 Å². The lowest BCUT2D eigenvalue weighted by atomic mass is 10.0. The molecule has 0 bridgehead atoms. The number of hydrogen-bond donors (Lipinski definition) is 1. The highest BCUT2D eigenvalue weighted by Gasteiger charge is 2.10. The zero-order valence-electron chi connectivity index (χ0n) is 8.65. The van der Waals surface area contributed by atoms with E-state index >= 15 is 0 Å². The van der Waals surface area contributed by atoms with E-state index in [2.05, 4.69) is 5.16 Å². The standard InChI is InChI=1S/C11H12N2O2/c1-7-3-4-8(14-2)5-9(7)10-6-13-15-11(10)12/h3-6H,12H2,1-2H3. The molecular formula is C11H12N2O2. The summed E-state index contributed by atoms with van der Waals surface area (Å²) in [4.78, 5) is 0. The third-order valence-electron chi connectivity index (χ3n) is 2.33. The number of ether oxygens (including phenoxy) is 1. The Hall–Kier alpha value is -1.97. The van der Waals surface area contributed by atoms with Crippen LogP contribution in [0.25, 0.3) is 11.1 Å². The number of nitrogen functional groups attached to an aromatic ring is 1. The molecule has 0 unspecified atom stereocenters. The zero-order valence-corrected chi connectivity index (χ0v) is 8.65. The molecule has 0 fully saturated rings. The van der Waals surface area contributed by atoms with E-state index in [1.165, 1.54) is 0 Å². The van der Waals surface area contributed by atoms with Crippen molar-refractivity contribution in [2.45, 2.75) is 6.92 Å². The maximum Gasteiger partial charge on any atom is 0.229 e. The number of anilines is 1. The first-order valence-corrected chi connectivity index (χ1v) is 4.57. The predicted octanol–water partition coefficient (Wildman–Crippen LogP) is 2.24. The highest BCUT2D eigenvalue weighted by molar-refractivity contribution is 5.75. The van der Waals surface area contributed by atoms with E-state index < -0.39 is 0 Å². The van der Waals surface area contributed by atoms with Crippen molar-refractivity contribution in [3.8, 4) is 16.9 Å². The van der Waals surface area contributed by atoms with E-state index in [0.29, 0.717) is 5.88 Å². The third kappa shape index (κ3) is 1.66. The number of aryl methyl sites for hydroxylation is 1. The van der Waals surface area contributed by atoms with Crippen LogP contribution < -0.4 is 10.5 Å². The van der Waals surface area contributed by atoms with Crippen molar-refractivity contribution < 1.29 is 9.26 Å². The van der Waals surface area contributed by atoms with Crippen LogP contribution in [0.5, 0.6) is 5.75 Å².